The highest BCUT2D eigenvalue weighted by molar-refractivity contribution is 7.26. The largest absolute Gasteiger partial charge is 0.135 e. The average molecular weight is 475 g/mol. The molecule has 7 aromatic rings. The van der Waals surface area contributed by atoms with Crippen LogP contribution in [0, 0.1) is 0 Å². The summed E-state index contributed by atoms with van der Waals surface area (Å²) < 4.78 is 2.73. The third-order valence-corrected chi connectivity index (χ3v) is 9.14. The minimum Gasteiger partial charge on any atom is -0.135 e. The Kier molecular flexibility index (Phi) is 4.12. The molecule has 0 bridgehead atoms. The summed E-state index contributed by atoms with van der Waals surface area (Å²) in [4.78, 5) is 0. The predicted molar refractivity (Wildman–Crippen MR) is 154 cm³/mol. The Bertz CT molecular complexity index is 1890. The van der Waals surface area contributed by atoms with Gasteiger partial charge in [-0.1, -0.05) is 127 Å². The van der Waals surface area contributed by atoms with Crippen LogP contribution in [0.2, 0.25) is 0 Å². The van der Waals surface area contributed by atoms with Gasteiger partial charge in [0.2, 0.25) is 0 Å². The molecule has 1 aliphatic carbocycles. The summed E-state index contributed by atoms with van der Waals surface area (Å²) in [6.07, 6.45) is 0. The van der Waals surface area contributed by atoms with Crippen molar-refractivity contribution in [1.82, 2.24) is 0 Å². The number of benzene rings is 6. The van der Waals surface area contributed by atoms with Crippen molar-refractivity contribution in [2.75, 3.05) is 0 Å². The van der Waals surface area contributed by atoms with E-state index in [1.807, 2.05) is 11.3 Å². The van der Waals surface area contributed by atoms with E-state index in [1.54, 1.807) is 0 Å². The average Bonchev–Trinajstić information content (AvgIpc) is 3.48. The van der Waals surface area contributed by atoms with Gasteiger partial charge < -0.3 is 0 Å². The summed E-state index contributed by atoms with van der Waals surface area (Å²) in [5.41, 5.74) is 7.69. The normalized spacial score (nSPS) is 13.8. The molecule has 1 heteroatoms. The summed E-state index contributed by atoms with van der Waals surface area (Å²) >= 11 is 1.93. The Morgan fingerprint density at radius 3 is 1.89 bits per heavy atom. The first-order chi connectivity index (χ1) is 17.9. The molecule has 168 valence electrons. The lowest BCUT2D eigenvalue weighted by atomic mass is 9.66. The Balaban J connectivity index is 1.66. The maximum atomic E-state index is 2.35. The third-order valence-electron chi connectivity index (χ3n) is 7.94. The fourth-order valence-corrected chi connectivity index (χ4v) is 7.79. The van der Waals surface area contributed by atoms with Crippen LogP contribution in [0.5, 0.6) is 0 Å². The maximum Gasteiger partial charge on any atom is 0.0720 e. The molecule has 0 N–H and O–H groups in total. The Labute approximate surface area is 214 Å². The standard InChI is InChI=1S/C35H22S/c1-3-11-24(12-4-1)35(25-13-5-2-6-14-25)30-17-9-7-15-26(30)28-21-19-23-20-22-29-27-16-8-10-18-31(27)36-34(29)32(23)33(28)35/h1-22H. The number of hydrogen-bond acceptors (Lipinski definition) is 1. The van der Waals surface area contributed by atoms with Gasteiger partial charge in [0.1, 0.15) is 0 Å². The molecule has 1 heterocycles. The highest BCUT2D eigenvalue weighted by atomic mass is 32.1. The quantitative estimate of drug-likeness (QED) is 0.234. The van der Waals surface area contributed by atoms with Crippen LogP contribution < -0.4 is 0 Å². The Morgan fingerprint density at radius 1 is 0.472 bits per heavy atom. The van der Waals surface area contributed by atoms with Gasteiger partial charge in [0.05, 0.1) is 5.41 Å². The molecule has 36 heavy (non-hydrogen) atoms. The topological polar surface area (TPSA) is 0 Å². The minimum atomic E-state index is -0.390. The summed E-state index contributed by atoms with van der Waals surface area (Å²) in [6, 6.07) is 49.4. The fourth-order valence-electron chi connectivity index (χ4n) is 6.53. The van der Waals surface area contributed by atoms with Gasteiger partial charge in [-0.15, -0.1) is 11.3 Å². The van der Waals surface area contributed by atoms with Crippen LogP contribution in [0.1, 0.15) is 22.3 Å². The van der Waals surface area contributed by atoms with E-state index >= 15 is 0 Å². The molecule has 1 aromatic heterocycles. The van der Waals surface area contributed by atoms with Crippen molar-refractivity contribution in [3.63, 3.8) is 0 Å². The second-order valence-electron chi connectivity index (χ2n) is 9.65. The van der Waals surface area contributed by atoms with E-state index in [2.05, 4.69) is 133 Å². The van der Waals surface area contributed by atoms with Gasteiger partial charge in [-0.3, -0.25) is 0 Å². The molecule has 0 nitrogen and oxygen atoms in total. The van der Waals surface area contributed by atoms with E-state index < -0.39 is 5.41 Å². The van der Waals surface area contributed by atoms with E-state index in [1.165, 1.54) is 64.3 Å². The number of thiophene rings is 1. The monoisotopic (exact) mass is 474 g/mol. The molecule has 0 radical (unpaired) electrons. The van der Waals surface area contributed by atoms with E-state index in [9.17, 15) is 0 Å². The first-order valence-corrected chi connectivity index (χ1v) is 13.3. The van der Waals surface area contributed by atoms with Gasteiger partial charge in [0.25, 0.3) is 0 Å². The van der Waals surface area contributed by atoms with Gasteiger partial charge in [-0.05, 0) is 44.8 Å². The van der Waals surface area contributed by atoms with Crippen LogP contribution in [0.4, 0.5) is 0 Å². The van der Waals surface area contributed by atoms with E-state index in [-0.39, 0.29) is 0 Å². The maximum absolute atomic E-state index is 2.35. The lowest BCUT2D eigenvalue weighted by Gasteiger charge is -2.34. The van der Waals surface area contributed by atoms with Gasteiger partial charge in [0.15, 0.2) is 0 Å². The number of hydrogen-bond donors (Lipinski definition) is 0. The first kappa shape index (κ1) is 20.0. The molecule has 8 rings (SSSR count). The van der Waals surface area contributed by atoms with Gasteiger partial charge >= 0.3 is 0 Å². The zero-order valence-electron chi connectivity index (χ0n) is 19.6. The molecule has 0 atom stereocenters. The molecule has 0 spiro atoms. The summed E-state index contributed by atoms with van der Waals surface area (Å²) in [7, 11) is 0. The first-order valence-electron chi connectivity index (χ1n) is 12.5. The van der Waals surface area contributed by atoms with E-state index in [4.69, 9.17) is 0 Å². The van der Waals surface area contributed by atoms with Crippen LogP contribution in [0.15, 0.2) is 133 Å². The lowest BCUT2D eigenvalue weighted by Crippen LogP contribution is -2.28. The van der Waals surface area contributed by atoms with Crippen molar-refractivity contribution in [1.29, 1.82) is 0 Å². The van der Waals surface area contributed by atoms with Gasteiger partial charge in [0, 0.05) is 25.6 Å². The molecule has 0 fully saturated rings. The highest BCUT2D eigenvalue weighted by Gasteiger charge is 2.47. The molecule has 6 aromatic carbocycles. The van der Waals surface area contributed by atoms with Crippen LogP contribution in [0.25, 0.3) is 42.1 Å². The van der Waals surface area contributed by atoms with Crippen molar-refractivity contribution in [2.24, 2.45) is 0 Å². The zero-order chi connectivity index (χ0) is 23.7. The number of rotatable bonds is 2. The summed E-state index contributed by atoms with van der Waals surface area (Å²) in [5.74, 6) is 0. The molecule has 0 aliphatic heterocycles. The van der Waals surface area contributed by atoms with Gasteiger partial charge in [-0.25, -0.2) is 0 Å². The van der Waals surface area contributed by atoms with Crippen LogP contribution >= 0.6 is 11.3 Å². The SMILES string of the molecule is c1ccc(C2(c3ccccc3)c3ccccc3-c3ccc4ccc5c6ccccc6sc5c4c32)cc1. The third kappa shape index (κ3) is 2.48. The number of fused-ring (bicyclic) bond motifs is 9. The van der Waals surface area contributed by atoms with Crippen LogP contribution in [-0.4, -0.2) is 0 Å². The Morgan fingerprint density at radius 2 is 1.11 bits per heavy atom. The van der Waals surface area contributed by atoms with Crippen molar-refractivity contribution in [3.8, 4) is 11.1 Å². The lowest BCUT2D eigenvalue weighted by molar-refractivity contribution is 0.776. The smallest absolute Gasteiger partial charge is 0.0720 e. The molecule has 0 saturated carbocycles. The van der Waals surface area contributed by atoms with Crippen LogP contribution in [0.3, 0.4) is 0 Å². The summed E-state index contributed by atoms with van der Waals surface area (Å²) in [6.45, 7) is 0. The van der Waals surface area contributed by atoms with Crippen molar-refractivity contribution < 1.29 is 0 Å². The van der Waals surface area contributed by atoms with Gasteiger partial charge in [-0.2, -0.15) is 0 Å². The second kappa shape index (κ2) is 7.40. The molecule has 1 aliphatic rings. The fraction of sp³-hybridized carbons (Fsp3) is 0.0286. The molecule has 0 amide bonds. The van der Waals surface area contributed by atoms with Crippen LogP contribution in [-0.2, 0) is 5.41 Å². The molecular formula is C35H22S. The predicted octanol–water partition coefficient (Wildman–Crippen LogP) is 9.57. The molecular weight excluding hydrogens is 452 g/mol. The second-order valence-corrected chi connectivity index (χ2v) is 10.7. The molecule has 0 saturated heterocycles. The highest BCUT2D eigenvalue weighted by Crippen LogP contribution is 2.59. The van der Waals surface area contributed by atoms with E-state index in [0.717, 1.165) is 0 Å². The molecule has 0 unspecified atom stereocenters. The van der Waals surface area contributed by atoms with Crippen molar-refractivity contribution >= 4 is 42.3 Å². The Hall–Kier alpha value is -4.20. The van der Waals surface area contributed by atoms with E-state index in [0.29, 0.717) is 0 Å². The van der Waals surface area contributed by atoms with Crippen molar-refractivity contribution in [3.05, 3.63) is 156 Å². The van der Waals surface area contributed by atoms with Crippen molar-refractivity contribution in [2.45, 2.75) is 5.41 Å². The zero-order valence-corrected chi connectivity index (χ0v) is 20.4. The summed E-state index contributed by atoms with van der Waals surface area (Å²) in [5, 5.41) is 5.38. The minimum absolute atomic E-state index is 0.390.